The summed E-state index contributed by atoms with van der Waals surface area (Å²) in [5.41, 5.74) is 4.33. The van der Waals surface area contributed by atoms with Crippen LogP contribution in [-0.4, -0.2) is 0 Å². The quantitative estimate of drug-likeness (QED) is 0.366. The van der Waals surface area contributed by atoms with E-state index in [2.05, 4.69) is 30.7 Å². The molecule has 3 N–H and O–H groups in total. The molecule has 2 nitrogen and oxygen atoms in total. The maximum atomic E-state index is 5.67. The smallest absolute Gasteiger partial charge is 0.0555 e. The molecule has 1 atom stereocenters. The molecular weight excluding hydrogens is 240 g/mol. The number of hydrogen-bond donors (Lipinski definition) is 2. The van der Waals surface area contributed by atoms with Gasteiger partial charge in [0.1, 0.15) is 0 Å². The van der Waals surface area contributed by atoms with Crippen molar-refractivity contribution in [3.05, 3.63) is 21.9 Å². The highest BCUT2D eigenvalue weighted by atomic mass is 32.1. The molecule has 0 aliphatic rings. The Bertz CT molecular complexity index is 309. The van der Waals surface area contributed by atoms with Gasteiger partial charge in [0.25, 0.3) is 0 Å². The van der Waals surface area contributed by atoms with E-state index >= 15 is 0 Å². The Morgan fingerprint density at radius 2 is 1.83 bits per heavy atom. The van der Waals surface area contributed by atoms with Crippen LogP contribution in [0.5, 0.6) is 0 Å². The predicted molar refractivity (Wildman–Crippen MR) is 81.7 cm³/mol. The Kier molecular flexibility index (Phi) is 8.31. The molecule has 104 valence electrons. The van der Waals surface area contributed by atoms with Gasteiger partial charge in [-0.1, -0.05) is 51.9 Å². The van der Waals surface area contributed by atoms with Gasteiger partial charge >= 0.3 is 0 Å². The van der Waals surface area contributed by atoms with Crippen LogP contribution in [0, 0.1) is 6.92 Å². The van der Waals surface area contributed by atoms with E-state index in [9.17, 15) is 0 Å². The summed E-state index contributed by atoms with van der Waals surface area (Å²) < 4.78 is 0. The van der Waals surface area contributed by atoms with E-state index in [1.54, 1.807) is 0 Å². The molecule has 1 unspecified atom stereocenters. The molecule has 0 saturated carbocycles. The van der Waals surface area contributed by atoms with Crippen molar-refractivity contribution in [3.63, 3.8) is 0 Å². The number of nitrogens with two attached hydrogens (primary N) is 1. The van der Waals surface area contributed by atoms with E-state index in [-0.39, 0.29) is 0 Å². The SMILES string of the molecule is CCCCCCCCCC(NN)c1sccc1C. The predicted octanol–water partition coefficient (Wildman–Crippen LogP) is 4.70. The molecule has 1 aromatic rings. The summed E-state index contributed by atoms with van der Waals surface area (Å²) in [5.74, 6) is 5.67. The molecule has 0 aliphatic carbocycles. The minimum Gasteiger partial charge on any atom is -0.271 e. The fourth-order valence-electron chi connectivity index (χ4n) is 2.34. The summed E-state index contributed by atoms with van der Waals surface area (Å²) >= 11 is 1.81. The molecule has 3 heteroatoms. The monoisotopic (exact) mass is 268 g/mol. The first-order valence-corrected chi connectivity index (χ1v) is 8.17. The average Bonchev–Trinajstić information content (AvgIpc) is 2.79. The lowest BCUT2D eigenvalue weighted by atomic mass is 10.0. The lowest BCUT2D eigenvalue weighted by molar-refractivity contribution is 0.480. The van der Waals surface area contributed by atoms with Crippen molar-refractivity contribution in [3.8, 4) is 0 Å². The van der Waals surface area contributed by atoms with E-state index in [1.165, 1.54) is 55.4 Å². The van der Waals surface area contributed by atoms with E-state index in [0.717, 1.165) is 6.42 Å². The van der Waals surface area contributed by atoms with Crippen molar-refractivity contribution in [1.82, 2.24) is 5.43 Å². The van der Waals surface area contributed by atoms with Crippen molar-refractivity contribution in [2.24, 2.45) is 5.84 Å². The molecule has 18 heavy (non-hydrogen) atoms. The van der Waals surface area contributed by atoms with Gasteiger partial charge < -0.3 is 0 Å². The molecule has 0 amide bonds. The molecule has 1 heterocycles. The Morgan fingerprint density at radius 3 is 2.39 bits per heavy atom. The topological polar surface area (TPSA) is 38.0 Å². The van der Waals surface area contributed by atoms with Crippen molar-refractivity contribution >= 4 is 11.3 Å². The summed E-state index contributed by atoms with van der Waals surface area (Å²) in [6.07, 6.45) is 10.7. The Labute approximate surface area is 116 Å². The first kappa shape index (κ1) is 15.7. The van der Waals surface area contributed by atoms with E-state index in [4.69, 9.17) is 5.84 Å². The highest BCUT2D eigenvalue weighted by molar-refractivity contribution is 7.10. The maximum Gasteiger partial charge on any atom is 0.0555 e. The lowest BCUT2D eigenvalue weighted by Crippen LogP contribution is -2.27. The summed E-state index contributed by atoms with van der Waals surface area (Å²) in [6, 6.07) is 2.52. The number of hydrazine groups is 1. The summed E-state index contributed by atoms with van der Waals surface area (Å²) in [5, 5.41) is 2.15. The molecule has 0 aliphatic heterocycles. The molecular formula is C15H28N2S. The van der Waals surface area contributed by atoms with Crippen LogP contribution in [0.3, 0.4) is 0 Å². The first-order valence-electron chi connectivity index (χ1n) is 7.29. The molecule has 0 fully saturated rings. The summed E-state index contributed by atoms with van der Waals surface area (Å²) in [6.45, 7) is 4.43. The number of nitrogens with one attached hydrogen (secondary N) is 1. The lowest BCUT2D eigenvalue weighted by Gasteiger charge is -2.15. The van der Waals surface area contributed by atoms with Crippen LogP contribution in [0.4, 0.5) is 0 Å². The van der Waals surface area contributed by atoms with E-state index < -0.39 is 0 Å². The largest absolute Gasteiger partial charge is 0.271 e. The Balaban J connectivity index is 2.15. The minimum atomic E-state index is 0.348. The average molecular weight is 268 g/mol. The third kappa shape index (κ3) is 5.51. The van der Waals surface area contributed by atoms with Crippen molar-refractivity contribution in [2.45, 2.75) is 71.3 Å². The molecule has 1 rings (SSSR count). The van der Waals surface area contributed by atoms with Gasteiger partial charge in [0.15, 0.2) is 0 Å². The van der Waals surface area contributed by atoms with Crippen LogP contribution >= 0.6 is 11.3 Å². The third-order valence-corrected chi connectivity index (χ3v) is 4.65. The van der Waals surface area contributed by atoms with Gasteiger partial charge in [-0.15, -0.1) is 11.3 Å². The van der Waals surface area contributed by atoms with E-state index in [0.29, 0.717) is 6.04 Å². The molecule has 1 aromatic heterocycles. The fourth-order valence-corrected chi connectivity index (χ4v) is 3.36. The van der Waals surface area contributed by atoms with Crippen LogP contribution in [0.1, 0.15) is 74.8 Å². The van der Waals surface area contributed by atoms with Gasteiger partial charge in [0.05, 0.1) is 6.04 Å². The highest BCUT2D eigenvalue weighted by Crippen LogP contribution is 2.27. The van der Waals surface area contributed by atoms with Gasteiger partial charge in [-0.2, -0.15) is 0 Å². The van der Waals surface area contributed by atoms with E-state index in [1.807, 2.05) is 11.3 Å². The summed E-state index contributed by atoms with van der Waals surface area (Å²) in [7, 11) is 0. The van der Waals surface area contributed by atoms with Gasteiger partial charge in [0, 0.05) is 4.88 Å². The molecule has 0 spiro atoms. The number of hydrogen-bond acceptors (Lipinski definition) is 3. The number of thiophene rings is 1. The second kappa shape index (κ2) is 9.54. The van der Waals surface area contributed by atoms with Gasteiger partial charge in [-0.3, -0.25) is 11.3 Å². The van der Waals surface area contributed by atoms with Gasteiger partial charge in [-0.25, -0.2) is 0 Å². The fraction of sp³-hybridized carbons (Fsp3) is 0.733. The number of rotatable bonds is 10. The van der Waals surface area contributed by atoms with Crippen molar-refractivity contribution < 1.29 is 0 Å². The third-order valence-electron chi connectivity index (χ3n) is 3.52. The standard InChI is InChI=1S/C15H28N2S/c1-3-4-5-6-7-8-9-10-14(17-16)15-13(2)11-12-18-15/h11-12,14,17H,3-10,16H2,1-2H3. The minimum absolute atomic E-state index is 0.348. The second-order valence-electron chi connectivity index (χ2n) is 5.10. The number of unbranched alkanes of at least 4 members (excludes halogenated alkanes) is 6. The summed E-state index contributed by atoms with van der Waals surface area (Å²) in [4.78, 5) is 1.41. The van der Waals surface area contributed by atoms with Crippen LogP contribution in [0.2, 0.25) is 0 Å². The van der Waals surface area contributed by atoms with Gasteiger partial charge in [-0.05, 0) is 30.4 Å². The molecule has 0 saturated heterocycles. The first-order chi connectivity index (χ1) is 8.79. The van der Waals surface area contributed by atoms with Gasteiger partial charge in [0.2, 0.25) is 0 Å². The zero-order valence-electron chi connectivity index (χ0n) is 11.9. The Hall–Kier alpha value is -0.380. The molecule has 0 bridgehead atoms. The normalized spacial score (nSPS) is 12.8. The maximum absolute atomic E-state index is 5.67. The van der Waals surface area contributed by atoms with Crippen LogP contribution in [-0.2, 0) is 0 Å². The van der Waals surface area contributed by atoms with Crippen molar-refractivity contribution in [2.75, 3.05) is 0 Å². The van der Waals surface area contributed by atoms with Crippen molar-refractivity contribution in [1.29, 1.82) is 0 Å². The Morgan fingerprint density at radius 1 is 1.17 bits per heavy atom. The highest BCUT2D eigenvalue weighted by Gasteiger charge is 2.12. The molecule has 0 aromatic carbocycles. The molecule has 0 radical (unpaired) electrons. The second-order valence-corrected chi connectivity index (χ2v) is 6.04. The number of aryl methyl sites for hydroxylation is 1. The zero-order valence-corrected chi connectivity index (χ0v) is 12.7. The zero-order chi connectivity index (χ0) is 13.2. The van der Waals surface area contributed by atoms with Crippen LogP contribution < -0.4 is 11.3 Å². The van der Waals surface area contributed by atoms with Crippen LogP contribution in [0.15, 0.2) is 11.4 Å². The van der Waals surface area contributed by atoms with Crippen LogP contribution in [0.25, 0.3) is 0 Å².